The first-order chi connectivity index (χ1) is 11.7. The summed E-state index contributed by atoms with van der Waals surface area (Å²) >= 11 is 0. The number of pyridine rings is 3. The van der Waals surface area contributed by atoms with Gasteiger partial charge in [-0.2, -0.15) is 0 Å². The fourth-order valence-corrected chi connectivity index (χ4v) is 2.87. The van der Waals surface area contributed by atoms with E-state index in [4.69, 9.17) is 16.2 Å². The van der Waals surface area contributed by atoms with Crippen molar-refractivity contribution in [2.24, 2.45) is 0 Å². The Balaban J connectivity index is 1.76. The molecule has 7 heteroatoms. The third kappa shape index (κ3) is 2.75. The van der Waals surface area contributed by atoms with Crippen molar-refractivity contribution in [1.29, 1.82) is 0 Å². The molecule has 0 bridgehead atoms. The smallest absolute Gasteiger partial charge is 0.132 e. The fourth-order valence-electron chi connectivity index (χ4n) is 2.87. The standard InChI is InChI=1S/C17H18N6O/c18-12-4-15-14(22-8-12)5-13(17(19)23-15)10-3-11(7-21-6-10)16-9-20-1-2-24-16/h3-8,16,20H,1-2,9,18H2,(H2,19,23). The molecule has 4 rings (SSSR count). The molecular weight excluding hydrogens is 304 g/mol. The van der Waals surface area contributed by atoms with Crippen LogP contribution in [-0.2, 0) is 4.74 Å². The molecule has 0 amide bonds. The summed E-state index contributed by atoms with van der Waals surface area (Å²) in [5.41, 5.74) is 16.6. The van der Waals surface area contributed by atoms with Crippen LogP contribution in [0.2, 0.25) is 0 Å². The highest BCUT2D eigenvalue weighted by atomic mass is 16.5. The maximum absolute atomic E-state index is 6.15. The number of rotatable bonds is 2. The number of nitrogens with two attached hydrogens (primary N) is 2. The van der Waals surface area contributed by atoms with E-state index in [9.17, 15) is 0 Å². The molecule has 0 saturated carbocycles. The zero-order chi connectivity index (χ0) is 16.5. The second-order valence-corrected chi connectivity index (χ2v) is 5.80. The van der Waals surface area contributed by atoms with Crippen LogP contribution in [0, 0.1) is 0 Å². The van der Waals surface area contributed by atoms with Gasteiger partial charge in [-0.3, -0.25) is 9.97 Å². The number of nitrogen functional groups attached to an aromatic ring is 2. The van der Waals surface area contributed by atoms with Crippen molar-refractivity contribution in [3.8, 4) is 11.1 Å². The lowest BCUT2D eigenvalue weighted by molar-refractivity contribution is 0.0275. The number of morpholine rings is 1. The fraction of sp³-hybridized carbons (Fsp3) is 0.235. The highest BCUT2D eigenvalue weighted by Gasteiger charge is 2.17. The Kier molecular flexibility index (Phi) is 3.72. The zero-order valence-corrected chi connectivity index (χ0v) is 13.1. The summed E-state index contributed by atoms with van der Waals surface area (Å²) in [5, 5.41) is 3.32. The first-order valence-corrected chi connectivity index (χ1v) is 7.80. The Morgan fingerprint density at radius 1 is 1.08 bits per heavy atom. The van der Waals surface area contributed by atoms with Crippen molar-refractivity contribution >= 4 is 22.5 Å². The van der Waals surface area contributed by atoms with Gasteiger partial charge >= 0.3 is 0 Å². The normalized spacial score (nSPS) is 17.9. The molecule has 0 aliphatic carbocycles. The summed E-state index contributed by atoms with van der Waals surface area (Å²) in [5.74, 6) is 0.427. The minimum absolute atomic E-state index is 0.00114. The van der Waals surface area contributed by atoms with Gasteiger partial charge in [-0.05, 0) is 18.2 Å². The topological polar surface area (TPSA) is 112 Å². The van der Waals surface area contributed by atoms with Crippen LogP contribution in [0.5, 0.6) is 0 Å². The average Bonchev–Trinajstić information content (AvgIpc) is 2.62. The lowest BCUT2D eigenvalue weighted by Gasteiger charge is -2.24. The van der Waals surface area contributed by atoms with Gasteiger partial charge in [0.25, 0.3) is 0 Å². The van der Waals surface area contributed by atoms with Crippen LogP contribution < -0.4 is 16.8 Å². The van der Waals surface area contributed by atoms with E-state index in [1.165, 1.54) is 0 Å². The number of nitrogens with zero attached hydrogens (tertiary/aromatic N) is 3. The summed E-state index contributed by atoms with van der Waals surface area (Å²) < 4.78 is 5.79. The van der Waals surface area contributed by atoms with Gasteiger partial charge in [0.05, 0.1) is 35.6 Å². The lowest BCUT2D eigenvalue weighted by atomic mass is 10.0. The molecule has 1 atom stereocenters. The number of hydrogen-bond donors (Lipinski definition) is 3. The lowest BCUT2D eigenvalue weighted by Crippen LogP contribution is -2.33. The number of ether oxygens (including phenoxy) is 1. The van der Waals surface area contributed by atoms with E-state index >= 15 is 0 Å². The Labute approximate surface area is 139 Å². The van der Waals surface area contributed by atoms with Gasteiger partial charge in [0.15, 0.2) is 0 Å². The van der Waals surface area contributed by atoms with E-state index in [0.717, 1.165) is 35.3 Å². The van der Waals surface area contributed by atoms with Gasteiger partial charge in [-0.25, -0.2) is 4.98 Å². The van der Waals surface area contributed by atoms with Crippen molar-refractivity contribution < 1.29 is 4.74 Å². The van der Waals surface area contributed by atoms with Crippen molar-refractivity contribution in [1.82, 2.24) is 20.3 Å². The van der Waals surface area contributed by atoms with Crippen LogP contribution in [0.3, 0.4) is 0 Å². The van der Waals surface area contributed by atoms with Crippen molar-refractivity contribution in [2.45, 2.75) is 6.10 Å². The molecule has 3 aromatic rings. The molecule has 4 heterocycles. The third-order valence-electron chi connectivity index (χ3n) is 4.09. The number of fused-ring (bicyclic) bond motifs is 1. The van der Waals surface area contributed by atoms with E-state index in [1.807, 2.05) is 18.3 Å². The zero-order valence-electron chi connectivity index (χ0n) is 13.1. The number of aromatic nitrogens is 3. The van der Waals surface area contributed by atoms with Crippen molar-refractivity contribution in [3.63, 3.8) is 0 Å². The number of hydrogen-bond acceptors (Lipinski definition) is 7. The van der Waals surface area contributed by atoms with E-state index in [-0.39, 0.29) is 6.10 Å². The molecule has 3 aromatic heterocycles. The molecule has 122 valence electrons. The summed E-state index contributed by atoms with van der Waals surface area (Å²) in [6.07, 6.45) is 5.21. The van der Waals surface area contributed by atoms with Crippen LogP contribution >= 0.6 is 0 Å². The monoisotopic (exact) mass is 322 g/mol. The molecule has 7 nitrogen and oxygen atoms in total. The molecule has 0 radical (unpaired) electrons. The molecule has 0 spiro atoms. The second kappa shape index (κ2) is 6.03. The van der Waals surface area contributed by atoms with Crippen molar-refractivity contribution in [2.75, 3.05) is 31.2 Å². The van der Waals surface area contributed by atoms with Crippen molar-refractivity contribution in [3.05, 3.63) is 42.4 Å². The SMILES string of the molecule is Nc1cnc2cc(-c3cncc(C4CNCCO4)c3)c(N)nc2c1. The molecule has 5 N–H and O–H groups in total. The average molecular weight is 322 g/mol. The van der Waals surface area contributed by atoms with Gasteiger partial charge in [-0.15, -0.1) is 0 Å². The molecule has 1 aliphatic rings. The van der Waals surface area contributed by atoms with Crippen LogP contribution in [0.25, 0.3) is 22.2 Å². The van der Waals surface area contributed by atoms with Crippen LogP contribution in [0.15, 0.2) is 36.8 Å². The Morgan fingerprint density at radius 2 is 2.00 bits per heavy atom. The van der Waals surface area contributed by atoms with Gasteiger partial charge < -0.3 is 21.5 Å². The van der Waals surface area contributed by atoms with E-state index in [1.54, 1.807) is 18.5 Å². The summed E-state index contributed by atoms with van der Waals surface area (Å²) in [6, 6.07) is 5.72. The minimum atomic E-state index is -0.00114. The van der Waals surface area contributed by atoms with E-state index in [0.29, 0.717) is 23.6 Å². The van der Waals surface area contributed by atoms with Gasteiger partial charge in [0.1, 0.15) is 5.82 Å². The predicted octanol–water partition coefficient (Wildman–Crippen LogP) is 1.52. The van der Waals surface area contributed by atoms with Crippen LogP contribution in [0.4, 0.5) is 11.5 Å². The summed E-state index contributed by atoms with van der Waals surface area (Å²) in [4.78, 5) is 13.1. The van der Waals surface area contributed by atoms with E-state index < -0.39 is 0 Å². The predicted molar refractivity (Wildman–Crippen MR) is 93.2 cm³/mol. The highest BCUT2D eigenvalue weighted by molar-refractivity contribution is 5.87. The molecule has 1 fully saturated rings. The molecule has 1 unspecified atom stereocenters. The largest absolute Gasteiger partial charge is 0.397 e. The minimum Gasteiger partial charge on any atom is -0.397 e. The maximum atomic E-state index is 6.15. The second-order valence-electron chi connectivity index (χ2n) is 5.80. The third-order valence-corrected chi connectivity index (χ3v) is 4.09. The Hall–Kier alpha value is -2.77. The van der Waals surface area contributed by atoms with Crippen LogP contribution in [0.1, 0.15) is 11.7 Å². The molecular formula is C17H18N6O. The first-order valence-electron chi connectivity index (χ1n) is 7.80. The molecule has 1 aliphatic heterocycles. The maximum Gasteiger partial charge on any atom is 0.132 e. The number of anilines is 2. The molecule has 0 aromatic carbocycles. The summed E-state index contributed by atoms with van der Waals surface area (Å²) in [7, 11) is 0. The van der Waals surface area contributed by atoms with Crippen LogP contribution in [-0.4, -0.2) is 34.6 Å². The Morgan fingerprint density at radius 3 is 2.83 bits per heavy atom. The number of nitrogens with one attached hydrogen (secondary N) is 1. The summed E-state index contributed by atoms with van der Waals surface area (Å²) in [6.45, 7) is 2.34. The quantitative estimate of drug-likeness (QED) is 0.655. The first kappa shape index (κ1) is 14.8. The van der Waals surface area contributed by atoms with E-state index in [2.05, 4.69) is 20.3 Å². The Bertz CT molecular complexity index is 891. The molecule has 24 heavy (non-hydrogen) atoms. The van der Waals surface area contributed by atoms with Gasteiger partial charge in [0.2, 0.25) is 0 Å². The molecule has 1 saturated heterocycles. The highest BCUT2D eigenvalue weighted by Crippen LogP contribution is 2.30. The van der Waals surface area contributed by atoms with Gasteiger partial charge in [0, 0.05) is 42.2 Å². The van der Waals surface area contributed by atoms with Gasteiger partial charge in [-0.1, -0.05) is 0 Å².